The minimum Gasteiger partial charge on any atom is -0.496 e. The summed E-state index contributed by atoms with van der Waals surface area (Å²) in [6, 6.07) is 5.26. The molecule has 0 spiro atoms. The monoisotopic (exact) mass is 268 g/mol. The van der Waals surface area contributed by atoms with E-state index in [2.05, 4.69) is 13.8 Å². The maximum atomic E-state index is 9.17. The summed E-state index contributed by atoms with van der Waals surface area (Å²) in [4.78, 5) is 0. The van der Waals surface area contributed by atoms with Gasteiger partial charge >= 0.3 is 7.12 Å². The Hall–Kier alpha value is -0.645. The molecule has 5 heteroatoms. The van der Waals surface area contributed by atoms with E-state index >= 15 is 0 Å². The summed E-state index contributed by atoms with van der Waals surface area (Å²) < 4.78 is 5.29. The lowest BCUT2D eigenvalue weighted by Crippen LogP contribution is -2.30. The molecule has 0 aromatic heterocycles. The summed E-state index contributed by atoms with van der Waals surface area (Å²) in [5.74, 6) is 3.43. The van der Waals surface area contributed by atoms with Crippen LogP contribution in [0.25, 0.3) is 0 Å². The lowest BCUT2D eigenvalue weighted by atomic mass is 9.79. The summed E-state index contributed by atoms with van der Waals surface area (Å²) in [7, 11) is 0.210. The first kappa shape index (κ1) is 15.4. The molecular formula is C13H21BO3S. The SMILES string of the molecule is CCC(C)CSCc1cc(B(O)O)ccc1OC. The standard InChI is InChI=1S/C13H21BO3S/c1-4-10(2)8-18-9-11-7-12(14(15)16)5-6-13(11)17-3/h5-7,10,15-16H,4,8-9H2,1-3H3. The van der Waals surface area contributed by atoms with E-state index in [1.54, 1.807) is 25.3 Å². The van der Waals surface area contributed by atoms with Crippen LogP contribution in [0.3, 0.4) is 0 Å². The van der Waals surface area contributed by atoms with Gasteiger partial charge in [-0.25, -0.2) is 0 Å². The van der Waals surface area contributed by atoms with Crippen LogP contribution >= 0.6 is 11.8 Å². The van der Waals surface area contributed by atoms with Gasteiger partial charge in [-0.1, -0.05) is 32.4 Å². The fraction of sp³-hybridized carbons (Fsp3) is 0.538. The molecule has 1 atom stereocenters. The number of ether oxygens (including phenoxy) is 1. The van der Waals surface area contributed by atoms with Crippen molar-refractivity contribution in [1.82, 2.24) is 0 Å². The Kier molecular flexibility index (Phi) is 6.61. The Bertz CT molecular complexity index is 371. The summed E-state index contributed by atoms with van der Waals surface area (Å²) >= 11 is 1.85. The van der Waals surface area contributed by atoms with Crippen LogP contribution in [0, 0.1) is 5.92 Å². The molecule has 0 heterocycles. The van der Waals surface area contributed by atoms with Crippen molar-refractivity contribution in [2.24, 2.45) is 5.92 Å². The Labute approximate surface area is 114 Å². The van der Waals surface area contributed by atoms with E-state index < -0.39 is 7.12 Å². The molecule has 18 heavy (non-hydrogen) atoms. The molecule has 0 fully saturated rings. The number of hydrogen-bond acceptors (Lipinski definition) is 4. The molecule has 0 saturated heterocycles. The van der Waals surface area contributed by atoms with Gasteiger partial charge in [-0.05, 0) is 23.2 Å². The van der Waals surface area contributed by atoms with Gasteiger partial charge in [-0.3, -0.25) is 0 Å². The second-order valence-corrected chi connectivity index (χ2v) is 5.50. The Morgan fingerprint density at radius 2 is 2.11 bits per heavy atom. The van der Waals surface area contributed by atoms with Gasteiger partial charge in [0.15, 0.2) is 0 Å². The van der Waals surface area contributed by atoms with Gasteiger partial charge in [0.2, 0.25) is 0 Å². The normalized spacial score (nSPS) is 12.3. The van der Waals surface area contributed by atoms with E-state index in [0.29, 0.717) is 11.4 Å². The topological polar surface area (TPSA) is 49.7 Å². The molecule has 1 aromatic carbocycles. The number of benzene rings is 1. The maximum Gasteiger partial charge on any atom is 0.488 e. The van der Waals surface area contributed by atoms with Gasteiger partial charge in [0.1, 0.15) is 5.75 Å². The van der Waals surface area contributed by atoms with Crippen LogP contribution in [0.15, 0.2) is 18.2 Å². The van der Waals surface area contributed by atoms with Gasteiger partial charge < -0.3 is 14.8 Å². The van der Waals surface area contributed by atoms with Crippen molar-refractivity contribution < 1.29 is 14.8 Å². The molecule has 2 N–H and O–H groups in total. The van der Waals surface area contributed by atoms with Gasteiger partial charge in [0.25, 0.3) is 0 Å². The van der Waals surface area contributed by atoms with Crippen LogP contribution < -0.4 is 10.2 Å². The van der Waals surface area contributed by atoms with Crippen LogP contribution in [0.5, 0.6) is 5.75 Å². The minimum absolute atomic E-state index is 0.509. The predicted molar refractivity (Wildman–Crippen MR) is 78.4 cm³/mol. The van der Waals surface area contributed by atoms with E-state index in [-0.39, 0.29) is 0 Å². The average Bonchev–Trinajstić information content (AvgIpc) is 2.38. The van der Waals surface area contributed by atoms with Crippen LogP contribution in [0.1, 0.15) is 25.8 Å². The van der Waals surface area contributed by atoms with Crippen LogP contribution in [-0.4, -0.2) is 30.0 Å². The summed E-state index contributed by atoms with van der Waals surface area (Å²) in [6.07, 6.45) is 1.18. The number of hydrogen-bond donors (Lipinski definition) is 2. The smallest absolute Gasteiger partial charge is 0.488 e. The molecule has 0 radical (unpaired) electrons. The maximum absolute atomic E-state index is 9.17. The molecule has 0 saturated carbocycles. The molecule has 1 aromatic rings. The van der Waals surface area contributed by atoms with E-state index in [1.165, 1.54) is 6.42 Å². The van der Waals surface area contributed by atoms with Gasteiger partial charge in [0.05, 0.1) is 7.11 Å². The van der Waals surface area contributed by atoms with Crippen molar-refractivity contribution in [1.29, 1.82) is 0 Å². The van der Waals surface area contributed by atoms with Crippen molar-refractivity contribution in [3.8, 4) is 5.75 Å². The van der Waals surface area contributed by atoms with E-state index in [9.17, 15) is 10.0 Å². The van der Waals surface area contributed by atoms with E-state index in [0.717, 1.165) is 22.8 Å². The third kappa shape index (κ3) is 4.56. The number of thioether (sulfide) groups is 1. The Morgan fingerprint density at radius 1 is 1.39 bits per heavy atom. The summed E-state index contributed by atoms with van der Waals surface area (Å²) in [5, 5.41) is 18.3. The fourth-order valence-electron chi connectivity index (χ4n) is 1.56. The summed E-state index contributed by atoms with van der Waals surface area (Å²) in [6.45, 7) is 4.42. The van der Waals surface area contributed by atoms with Crippen molar-refractivity contribution in [2.75, 3.05) is 12.9 Å². The third-order valence-electron chi connectivity index (χ3n) is 2.96. The first-order valence-electron chi connectivity index (χ1n) is 6.19. The van der Waals surface area contributed by atoms with Crippen molar-refractivity contribution in [2.45, 2.75) is 26.0 Å². The molecule has 0 aliphatic rings. The minimum atomic E-state index is -1.42. The van der Waals surface area contributed by atoms with Gasteiger partial charge in [-0.15, -0.1) is 0 Å². The fourth-order valence-corrected chi connectivity index (χ4v) is 2.76. The molecule has 0 bridgehead atoms. The predicted octanol–water partition coefficient (Wildman–Crippen LogP) is 1.65. The van der Waals surface area contributed by atoms with Gasteiger partial charge in [0, 0.05) is 11.3 Å². The summed E-state index contributed by atoms with van der Waals surface area (Å²) in [5.41, 5.74) is 1.52. The quantitative estimate of drug-likeness (QED) is 0.738. The highest BCUT2D eigenvalue weighted by Gasteiger charge is 2.14. The second-order valence-electron chi connectivity index (χ2n) is 4.47. The molecule has 0 aliphatic carbocycles. The second kappa shape index (κ2) is 7.72. The third-order valence-corrected chi connectivity index (χ3v) is 4.28. The lowest BCUT2D eigenvalue weighted by molar-refractivity contribution is 0.410. The van der Waals surface area contributed by atoms with Crippen LogP contribution in [0.4, 0.5) is 0 Å². The number of rotatable bonds is 7. The molecule has 0 amide bonds. The van der Waals surface area contributed by atoms with Crippen molar-refractivity contribution in [3.05, 3.63) is 23.8 Å². The highest BCUT2D eigenvalue weighted by molar-refractivity contribution is 7.98. The zero-order valence-corrected chi connectivity index (χ0v) is 12.0. The molecule has 0 aliphatic heterocycles. The van der Waals surface area contributed by atoms with Crippen LogP contribution in [0.2, 0.25) is 0 Å². The van der Waals surface area contributed by atoms with Crippen molar-refractivity contribution in [3.63, 3.8) is 0 Å². The molecular weight excluding hydrogens is 247 g/mol. The molecule has 1 rings (SSSR count). The zero-order valence-electron chi connectivity index (χ0n) is 11.2. The molecule has 1 unspecified atom stereocenters. The highest BCUT2D eigenvalue weighted by atomic mass is 32.2. The Balaban J connectivity index is 2.69. The number of methoxy groups -OCH3 is 1. The zero-order chi connectivity index (χ0) is 13.5. The first-order chi connectivity index (χ1) is 8.58. The van der Waals surface area contributed by atoms with E-state index in [4.69, 9.17) is 4.74 Å². The molecule has 100 valence electrons. The first-order valence-corrected chi connectivity index (χ1v) is 7.34. The average molecular weight is 268 g/mol. The largest absolute Gasteiger partial charge is 0.496 e. The lowest BCUT2D eigenvalue weighted by Gasteiger charge is -2.12. The van der Waals surface area contributed by atoms with Gasteiger partial charge in [-0.2, -0.15) is 11.8 Å². The Morgan fingerprint density at radius 3 is 2.67 bits per heavy atom. The van der Waals surface area contributed by atoms with E-state index in [1.807, 2.05) is 11.8 Å². The molecule has 3 nitrogen and oxygen atoms in total. The van der Waals surface area contributed by atoms with Crippen molar-refractivity contribution >= 4 is 24.3 Å². The van der Waals surface area contributed by atoms with Crippen LogP contribution in [-0.2, 0) is 5.75 Å². The highest BCUT2D eigenvalue weighted by Crippen LogP contribution is 2.23.